The Hall–Kier alpha value is -3.76. The molecule has 0 bridgehead atoms. The van der Waals surface area contributed by atoms with Gasteiger partial charge in [0.15, 0.2) is 15.9 Å². The molecule has 1 aliphatic heterocycles. The number of aromatic nitrogens is 3. The summed E-state index contributed by atoms with van der Waals surface area (Å²) in [7, 11) is 0. The van der Waals surface area contributed by atoms with E-state index in [1.807, 2.05) is 6.92 Å². The number of hydrogen-bond donors (Lipinski definition) is 1. The highest BCUT2D eigenvalue weighted by Gasteiger charge is 2.46. The Kier molecular flexibility index (Phi) is 6.23. The minimum absolute atomic E-state index is 0.0409. The lowest BCUT2D eigenvalue weighted by Gasteiger charge is -2.23. The number of amides is 1. The van der Waals surface area contributed by atoms with Crippen molar-refractivity contribution in [3.05, 3.63) is 100 Å². The molecule has 0 spiro atoms. The van der Waals surface area contributed by atoms with Crippen LogP contribution in [0.5, 0.6) is 0 Å². The van der Waals surface area contributed by atoms with Gasteiger partial charge >= 0.3 is 0 Å². The zero-order chi connectivity index (χ0) is 24.5. The van der Waals surface area contributed by atoms with Crippen molar-refractivity contribution in [2.75, 3.05) is 4.90 Å². The molecule has 0 saturated heterocycles. The van der Waals surface area contributed by atoms with E-state index in [1.54, 1.807) is 37.5 Å². The molecule has 3 aromatic heterocycles. The lowest BCUT2D eigenvalue weighted by Crippen LogP contribution is -2.31. The van der Waals surface area contributed by atoms with Crippen molar-refractivity contribution in [3.8, 4) is 0 Å². The number of aliphatic hydroxyl groups excluding tert-OH is 1. The van der Waals surface area contributed by atoms with Crippen LogP contribution in [0.3, 0.4) is 0 Å². The van der Waals surface area contributed by atoms with Gasteiger partial charge in [-0.1, -0.05) is 59.0 Å². The molecule has 4 heterocycles. The van der Waals surface area contributed by atoms with Gasteiger partial charge in [0.2, 0.25) is 10.9 Å². The van der Waals surface area contributed by atoms with Crippen LogP contribution in [0.2, 0.25) is 0 Å². The average molecular weight is 505 g/mol. The predicted octanol–water partition coefficient (Wildman–Crippen LogP) is 5.22. The van der Waals surface area contributed by atoms with Gasteiger partial charge in [-0.3, -0.25) is 19.5 Å². The Morgan fingerprint density at radius 3 is 2.63 bits per heavy atom. The highest BCUT2D eigenvalue weighted by Crippen LogP contribution is 2.43. The standard InChI is InChI=1S/C25H20N4O4S2/c1-14-5-8-16(9-6-14)13-34-25-28-27-24(35-25)29-20(17-4-3-11-26-12-17)19(22(31)23(29)32)21(30)18-10-7-15(2)33-18/h3-12,20,31H,13H2,1-2H3/t20-/m1/s1. The maximum absolute atomic E-state index is 13.3. The largest absolute Gasteiger partial charge is 0.503 e. The summed E-state index contributed by atoms with van der Waals surface area (Å²) < 4.78 is 6.15. The predicted molar refractivity (Wildman–Crippen MR) is 133 cm³/mol. The molecule has 1 aromatic carbocycles. The molecule has 0 radical (unpaired) electrons. The second kappa shape index (κ2) is 9.47. The van der Waals surface area contributed by atoms with Gasteiger partial charge in [-0.05, 0) is 43.2 Å². The third-order valence-corrected chi connectivity index (χ3v) is 7.63. The van der Waals surface area contributed by atoms with Crippen LogP contribution in [-0.4, -0.2) is 32.0 Å². The summed E-state index contributed by atoms with van der Waals surface area (Å²) in [4.78, 5) is 32.0. The number of hydrogen-bond acceptors (Lipinski definition) is 9. The number of pyridine rings is 1. The van der Waals surface area contributed by atoms with Gasteiger partial charge in [0, 0.05) is 18.1 Å². The number of rotatable bonds is 7. The first-order valence-electron chi connectivity index (χ1n) is 10.7. The van der Waals surface area contributed by atoms with Gasteiger partial charge in [0.1, 0.15) is 5.76 Å². The van der Waals surface area contributed by atoms with Crippen molar-refractivity contribution in [1.82, 2.24) is 15.2 Å². The van der Waals surface area contributed by atoms with Crippen LogP contribution in [0.15, 0.2) is 81.0 Å². The fraction of sp³-hybridized carbons (Fsp3) is 0.160. The number of anilines is 1. The molecular weight excluding hydrogens is 484 g/mol. The molecule has 35 heavy (non-hydrogen) atoms. The van der Waals surface area contributed by atoms with Crippen molar-refractivity contribution in [2.45, 2.75) is 30.0 Å². The van der Waals surface area contributed by atoms with E-state index in [4.69, 9.17) is 4.42 Å². The Bertz CT molecular complexity index is 1430. The van der Waals surface area contributed by atoms with Crippen molar-refractivity contribution < 1.29 is 19.1 Å². The van der Waals surface area contributed by atoms with Crippen LogP contribution in [0.1, 0.15) is 39.0 Å². The molecule has 8 nitrogen and oxygen atoms in total. The number of thioether (sulfide) groups is 1. The first kappa shape index (κ1) is 23.0. The van der Waals surface area contributed by atoms with Crippen molar-refractivity contribution in [1.29, 1.82) is 0 Å². The molecule has 0 fully saturated rings. The van der Waals surface area contributed by atoms with Crippen LogP contribution >= 0.6 is 23.1 Å². The van der Waals surface area contributed by atoms with E-state index in [2.05, 4.69) is 39.4 Å². The van der Waals surface area contributed by atoms with Crippen LogP contribution in [0, 0.1) is 13.8 Å². The molecule has 5 rings (SSSR count). The minimum atomic E-state index is -0.919. The van der Waals surface area contributed by atoms with Crippen LogP contribution in [-0.2, 0) is 10.5 Å². The highest BCUT2D eigenvalue weighted by atomic mass is 32.2. The van der Waals surface area contributed by atoms with E-state index in [1.165, 1.54) is 39.6 Å². The number of ketones is 1. The van der Waals surface area contributed by atoms with Gasteiger partial charge in [-0.2, -0.15) is 0 Å². The number of aliphatic hydroxyl groups is 1. The second-order valence-corrected chi connectivity index (χ2v) is 10.2. The first-order chi connectivity index (χ1) is 16.9. The second-order valence-electron chi connectivity index (χ2n) is 7.99. The Balaban J connectivity index is 1.47. The summed E-state index contributed by atoms with van der Waals surface area (Å²) in [6, 6.07) is 13.9. The zero-order valence-electron chi connectivity index (χ0n) is 18.8. The third-order valence-electron chi connectivity index (χ3n) is 5.50. The van der Waals surface area contributed by atoms with E-state index < -0.39 is 23.5 Å². The molecule has 1 atom stereocenters. The highest BCUT2D eigenvalue weighted by molar-refractivity contribution is 8.00. The third kappa shape index (κ3) is 4.50. The van der Waals surface area contributed by atoms with Gasteiger partial charge in [0.25, 0.3) is 5.91 Å². The molecule has 10 heteroatoms. The molecule has 0 aliphatic carbocycles. The molecular formula is C25H20N4O4S2. The van der Waals surface area contributed by atoms with E-state index in [-0.39, 0.29) is 16.5 Å². The van der Waals surface area contributed by atoms with Gasteiger partial charge in [-0.15, -0.1) is 10.2 Å². The summed E-state index contributed by atoms with van der Waals surface area (Å²) in [6.07, 6.45) is 3.15. The molecule has 0 unspecified atom stereocenters. The summed E-state index contributed by atoms with van der Waals surface area (Å²) in [6.45, 7) is 3.75. The van der Waals surface area contributed by atoms with Crippen LogP contribution in [0.25, 0.3) is 0 Å². The monoisotopic (exact) mass is 504 g/mol. The average Bonchev–Trinajstić information content (AvgIpc) is 3.57. The van der Waals surface area contributed by atoms with Crippen molar-refractivity contribution in [2.24, 2.45) is 0 Å². The lowest BCUT2D eigenvalue weighted by molar-refractivity contribution is -0.117. The quantitative estimate of drug-likeness (QED) is 0.207. The molecule has 1 aliphatic rings. The zero-order valence-corrected chi connectivity index (χ0v) is 20.5. The lowest BCUT2D eigenvalue weighted by atomic mass is 9.96. The van der Waals surface area contributed by atoms with Crippen LogP contribution in [0.4, 0.5) is 5.13 Å². The summed E-state index contributed by atoms with van der Waals surface area (Å²) in [5.74, 6) is -0.649. The van der Waals surface area contributed by atoms with Crippen LogP contribution < -0.4 is 4.90 Å². The van der Waals surface area contributed by atoms with Crippen molar-refractivity contribution in [3.63, 3.8) is 0 Å². The fourth-order valence-corrected chi connectivity index (χ4v) is 5.59. The van der Waals surface area contributed by atoms with E-state index in [0.29, 0.717) is 21.4 Å². The van der Waals surface area contributed by atoms with Gasteiger partial charge < -0.3 is 9.52 Å². The number of carbonyl (C=O) groups excluding carboxylic acids is 2. The number of Topliss-reactive ketones (excluding diaryl/α,β-unsaturated/α-hetero) is 1. The Morgan fingerprint density at radius 2 is 1.94 bits per heavy atom. The maximum atomic E-state index is 13.3. The molecule has 1 N–H and O–H groups in total. The first-order valence-corrected chi connectivity index (χ1v) is 12.5. The summed E-state index contributed by atoms with van der Waals surface area (Å²) >= 11 is 2.72. The smallest absolute Gasteiger partial charge is 0.296 e. The fourth-order valence-electron chi connectivity index (χ4n) is 3.76. The number of nitrogens with zero attached hydrogens (tertiary/aromatic N) is 4. The van der Waals surface area contributed by atoms with E-state index >= 15 is 0 Å². The van der Waals surface area contributed by atoms with E-state index in [0.717, 1.165) is 5.56 Å². The number of furan rings is 1. The molecule has 0 saturated carbocycles. The summed E-state index contributed by atoms with van der Waals surface area (Å²) in [5.41, 5.74) is 2.80. The minimum Gasteiger partial charge on any atom is -0.503 e. The molecule has 4 aromatic rings. The normalized spacial score (nSPS) is 15.8. The number of aryl methyl sites for hydroxylation is 2. The topological polar surface area (TPSA) is 109 Å². The SMILES string of the molecule is Cc1ccc(CSc2nnc(N3C(=O)C(O)=C(C(=O)c4ccc(C)o4)[C@H]3c3cccnc3)s2)cc1. The van der Waals surface area contributed by atoms with Gasteiger partial charge in [-0.25, -0.2) is 0 Å². The maximum Gasteiger partial charge on any atom is 0.296 e. The van der Waals surface area contributed by atoms with Crippen molar-refractivity contribution >= 4 is 39.9 Å². The van der Waals surface area contributed by atoms with Gasteiger partial charge in [0.05, 0.1) is 11.6 Å². The molecule has 176 valence electrons. The Morgan fingerprint density at radius 1 is 1.14 bits per heavy atom. The summed E-state index contributed by atoms with van der Waals surface area (Å²) in [5, 5.41) is 19.5. The van der Waals surface area contributed by atoms with E-state index in [9.17, 15) is 14.7 Å². The Labute approximate surface area is 209 Å². The number of carbonyl (C=O) groups is 2. The number of benzene rings is 1. The molecule has 1 amide bonds.